The van der Waals surface area contributed by atoms with Crippen molar-refractivity contribution in [3.63, 3.8) is 0 Å². The maximum atomic E-state index is 12.8. The van der Waals surface area contributed by atoms with E-state index in [1.807, 2.05) is 0 Å². The van der Waals surface area contributed by atoms with E-state index in [4.69, 9.17) is 0 Å². The standard InChI is InChI=1S/C15H20FN3O/c16-12-4-5-14(17-10-12)19-8-6-13(7-9-19)18-15(20)11-2-1-3-11/h4-5,10-11,13H,1-3,6-9H2,(H,18,20). The summed E-state index contributed by atoms with van der Waals surface area (Å²) in [6.07, 6.45) is 6.38. The molecule has 0 aromatic carbocycles. The van der Waals surface area contributed by atoms with Crippen molar-refractivity contribution in [3.05, 3.63) is 24.1 Å². The van der Waals surface area contributed by atoms with Gasteiger partial charge in [0.1, 0.15) is 11.6 Å². The number of piperidine rings is 1. The van der Waals surface area contributed by atoms with Crippen molar-refractivity contribution in [1.82, 2.24) is 10.3 Å². The molecule has 2 fully saturated rings. The molecule has 20 heavy (non-hydrogen) atoms. The minimum absolute atomic E-state index is 0.231. The van der Waals surface area contributed by atoms with Gasteiger partial charge in [0.15, 0.2) is 0 Å². The van der Waals surface area contributed by atoms with Crippen molar-refractivity contribution in [1.29, 1.82) is 0 Å². The van der Waals surface area contributed by atoms with Crippen LogP contribution < -0.4 is 10.2 Å². The fraction of sp³-hybridized carbons (Fsp3) is 0.600. The number of anilines is 1. The van der Waals surface area contributed by atoms with Gasteiger partial charge in [-0.1, -0.05) is 6.42 Å². The molecule has 1 aromatic rings. The largest absolute Gasteiger partial charge is 0.356 e. The Morgan fingerprint density at radius 2 is 2.00 bits per heavy atom. The summed E-state index contributed by atoms with van der Waals surface area (Å²) in [4.78, 5) is 18.2. The van der Waals surface area contributed by atoms with Crippen LogP contribution in [0.25, 0.3) is 0 Å². The lowest BCUT2D eigenvalue weighted by atomic mass is 9.84. The Morgan fingerprint density at radius 1 is 1.25 bits per heavy atom. The van der Waals surface area contributed by atoms with Crippen molar-refractivity contribution in [3.8, 4) is 0 Å². The Labute approximate surface area is 118 Å². The second kappa shape index (κ2) is 5.77. The third-order valence-electron chi connectivity index (χ3n) is 4.35. The van der Waals surface area contributed by atoms with Crippen molar-refractivity contribution >= 4 is 11.7 Å². The molecule has 2 heterocycles. The number of aromatic nitrogens is 1. The van der Waals surface area contributed by atoms with Gasteiger partial charge in [0.2, 0.25) is 5.91 Å². The summed E-state index contributed by atoms with van der Waals surface area (Å²) in [5, 5.41) is 3.16. The summed E-state index contributed by atoms with van der Waals surface area (Å²) in [7, 11) is 0. The van der Waals surface area contributed by atoms with Crippen molar-refractivity contribution in [2.75, 3.05) is 18.0 Å². The van der Waals surface area contributed by atoms with Gasteiger partial charge in [-0.15, -0.1) is 0 Å². The zero-order valence-electron chi connectivity index (χ0n) is 11.5. The van der Waals surface area contributed by atoms with E-state index >= 15 is 0 Å². The Hall–Kier alpha value is -1.65. The Kier molecular flexibility index (Phi) is 3.85. The second-order valence-corrected chi connectivity index (χ2v) is 5.73. The molecule has 1 saturated carbocycles. The highest BCUT2D eigenvalue weighted by Crippen LogP contribution is 2.27. The maximum Gasteiger partial charge on any atom is 0.223 e. The number of pyridine rings is 1. The second-order valence-electron chi connectivity index (χ2n) is 5.73. The monoisotopic (exact) mass is 277 g/mol. The maximum absolute atomic E-state index is 12.8. The lowest BCUT2D eigenvalue weighted by molar-refractivity contribution is -0.128. The molecular weight excluding hydrogens is 257 g/mol. The number of nitrogens with one attached hydrogen (secondary N) is 1. The quantitative estimate of drug-likeness (QED) is 0.920. The van der Waals surface area contributed by atoms with Crippen LogP contribution in [0.2, 0.25) is 0 Å². The van der Waals surface area contributed by atoms with E-state index in [9.17, 15) is 9.18 Å². The summed E-state index contributed by atoms with van der Waals surface area (Å²) in [6, 6.07) is 3.43. The average Bonchev–Trinajstić information content (AvgIpc) is 2.38. The van der Waals surface area contributed by atoms with Crippen LogP contribution in [-0.2, 0) is 4.79 Å². The molecule has 0 atom stereocenters. The Bertz CT molecular complexity index is 465. The highest BCUT2D eigenvalue weighted by atomic mass is 19.1. The smallest absolute Gasteiger partial charge is 0.223 e. The van der Waals surface area contributed by atoms with Crippen LogP contribution in [0.4, 0.5) is 10.2 Å². The number of rotatable bonds is 3. The van der Waals surface area contributed by atoms with Crippen LogP contribution in [0.5, 0.6) is 0 Å². The van der Waals surface area contributed by atoms with Gasteiger partial charge in [-0.25, -0.2) is 9.37 Å². The molecule has 5 heteroatoms. The van der Waals surface area contributed by atoms with Crippen LogP contribution in [-0.4, -0.2) is 30.0 Å². The van der Waals surface area contributed by atoms with Gasteiger partial charge in [-0.3, -0.25) is 4.79 Å². The van der Waals surface area contributed by atoms with Crippen molar-refractivity contribution in [2.45, 2.75) is 38.1 Å². The van der Waals surface area contributed by atoms with E-state index in [0.29, 0.717) is 0 Å². The number of halogens is 1. The van der Waals surface area contributed by atoms with Gasteiger partial charge in [-0.05, 0) is 37.8 Å². The zero-order valence-corrected chi connectivity index (χ0v) is 11.5. The fourth-order valence-corrected chi connectivity index (χ4v) is 2.80. The molecule has 0 unspecified atom stereocenters. The number of carbonyl (C=O) groups is 1. The molecule has 0 spiro atoms. The molecule has 0 bridgehead atoms. The first-order valence-electron chi connectivity index (χ1n) is 7.39. The first kappa shape index (κ1) is 13.3. The van der Waals surface area contributed by atoms with Crippen LogP contribution in [0.3, 0.4) is 0 Å². The Morgan fingerprint density at radius 3 is 2.55 bits per heavy atom. The first-order valence-corrected chi connectivity index (χ1v) is 7.39. The topological polar surface area (TPSA) is 45.2 Å². The van der Waals surface area contributed by atoms with Gasteiger partial charge < -0.3 is 10.2 Å². The average molecular weight is 277 g/mol. The predicted molar refractivity (Wildman–Crippen MR) is 74.9 cm³/mol. The third kappa shape index (κ3) is 2.92. The number of carbonyl (C=O) groups excluding carboxylic acids is 1. The molecular formula is C15H20FN3O. The van der Waals surface area contributed by atoms with E-state index in [1.165, 1.54) is 18.7 Å². The van der Waals surface area contributed by atoms with E-state index < -0.39 is 0 Å². The van der Waals surface area contributed by atoms with Crippen LogP contribution >= 0.6 is 0 Å². The highest BCUT2D eigenvalue weighted by molar-refractivity contribution is 5.79. The van der Waals surface area contributed by atoms with Crippen LogP contribution in [0, 0.1) is 11.7 Å². The molecule has 1 aliphatic heterocycles. The highest BCUT2D eigenvalue weighted by Gasteiger charge is 2.28. The van der Waals surface area contributed by atoms with Crippen molar-refractivity contribution < 1.29 is 9.18 Å². The van der Waals surface area contributed by atoms with Gasteiger partial charge >= 0.3 is 0 Å². The van der Waals surface area contributed by atoms with E-state index in [2.05, 4.69) is 15.2 Å². The zero-order chi connectivity index (χ0) is 13.9. The van der Waals surface area contributed by atoms with Crippen LogP contribution in [0.1, 0.15) is 32.1 Å². The number of amides is 1. The van der Waals surface area contributed by atoms with Crippen LogP contribution in [0.15, 0.2) is 18.3 Å². The predicted octanol–water partition coefficient (Wildman–Crippen LogP) is 2.11. The molecule has 3 rings (SSSR count). The lowest BCUT2D eigenvalue weighted by Gasteiger charge is -2.34. The van der Waals surface area contributed by atoms with Gasteiger partial charge in [-0.2, -0.15) is 0 Å². The van der Waals surface area contributed by atoms with Crippen molar-refractivity contribution in [2.24, 2.45) is 5.92 Å². The number of nitrogens with zero attached hydrogens (tertiary/aromatic N) is 2. The summed E-state index contributed by atoms with van der Waals surface area (Å²) < 4.78 is 12.8. The number of hydrogen-bond acceptors (Lipinski definition) is 3. The summed E-state index contributed by atoms with van der Waals surface area (Å²) in [5.74, 6) is 0.993. The SMILES string of the molecule is O=C(NC1CCN(c2ccc(F)cn2)CC1)C1CCC1. The lowest BCUT2D eigenvalue weighted by Crippen LogP contribution is -2.47. The minimum atomic E-state index is -0.309. The van der Waals surface area contributed by atoms with Gasteiger partial charge in [0, 0.05) is 25.0 Å². The van der Waals surface area contributed by atoms with Gasteiger partial charge in [0.05, 0.1) is 6.20 Å². The molecule has 0 radical (unpaired) electrons. The first-order chi connectivity index (χ1) is 9.72. The molecule has 2 aliphatic rings. The molecule has 1 amide bonds. The molecule has 1 N–H and O–H groups in total. The van der Waals surface area contributed by atoms with E-state index in [0.717, 1.165) is 44.6 Å². The molecule has 4 nitrogen and oxygen atoms in total. The Balaban J connectivity index is 1.49. The summed E-state index contributed by atoms with van der Waals surface area (Å²) >= 11 is 0. The molecule has 1 aromatic heterocycles. The summed E-state index contributed by atoms with van der Waals surface area (Å²) in [5.41, 5.74) is 0. The molecule has 1 aliphatic carbocycles. The van der Waals surface area contributed by atoms with E-state index in [-0.39, 0.29) is 23.7 Å². The number of hydrogen-bond donors (Lipinski definition) is 1. The van der Waals surface area contributed by atoms with Gasteiger partial charge in [0.25, 0.3) is 0 Å². The minimum Gasteiger partial charge on any atom is -0.356 e. The third-order valence-corrected chi connectivity index (χ3v) is 4.35. The molecule has 108 valence electrons. The summed E-state index contributed by atoms with van der Waals surface area (Å²) in [6.45, 7) is 1.71. The fourth-order valence-electron chi connectivity index (χ4n) is 2.80. The normalized spacial score (nSPS) is 20.6. The van der Waals surface area contributed by atoms with E-state index in [1.54, 1.807) is 6.07 Å². The molecule has 1 saturated heterocycles.